The molecule has 0 fully saturated rings. The molecule has 2 aromatic rings. The van der Waals surface area contributed by atoms with Crippen molar-refractivity contribution in [2.45, 2.75) is 52.4 Å². The highest BCUT2D eigenvalue weighted by Crippen LogP contribution is 2.34. The molecule has 3 heteroatoms. The maximum atomic E-state index is 14.8. The van der Waals surface area contributed by atoms with E-state index in [1.54, 1.807) is 0 Å². The van der Waals surface area contributed by atoms with Crippen LogP contribution in [-0.2, 0) is 30.5 Å². The summed E-state index contributed by atoms with van der Waals surface area (Å²) in [6.07, 6.45) is 4.68. The van der Waals surface area contributed by atoms with Crippen LogP contribution < -0.4 is 4.74 Å². The Kier molecular flexibility index (Phi) is 5.52. The first kappa shape index (κ1) is 17.7. The summed E-state index contributed by atoms with van der Waals surface area (Å²) >= 11 is 0. The van der Waals surface area contributed by atoms with Crippen molar-refractivity contribution in [2.75, 3.05) is 0 Å². The normalized spacial score (nSPS) is 16.4. The first-order valence-electron chi connectivity index (χ1n) is 9.22. The predicted octanol–water partition coefficient (Wildman–Crippen LogP) is 5.05. The third-order valence-corrected chi connectivity index (χ3v) is 5.01. The Hall–Kier alpha value is -2.16. The molecule has 0 saturated carbocycles. The smallest absolute Gasteiger partial charge is 0.314 e. The molecule has 0 spiro atoms. The second-order valence-corrected chi connectivity index (χ2v) is 6.81. The lowest BCUT2D eigenvalue weighted by Crippen LogP contribution is -2.28. The molecule has 1 heterocycles. The van der Waals surface area contributed by atoms with Gasteiger partial charge in [0.05, 0.1) is 5.92 Å². The van der Waals surface area contributed by atoms with Crippen molar-refractivity contribution in [1.82, 2.24) is 0 Å². The Morgan fingerprint density at radius 2 is 1.76 bits per heavy atom. The predicted molar refractivity (Wildman–Crippen MR) is 97.4 cm³/mol. The molecular formula is C22H25FO2. The highest BCUT2D eigenvalue weighted by Gasteiger charge is 2.30. The zero-order valence-electron chi connectivity index (χ0n) is 15.0. The molecule has 1 atom stereocenters. The number of carbonyl (C=O) groups excluding carboxylic acids is 1. The van der Waals surface area contributed by atoms with Crippen LogP contribution in [0.4, 0.5) is 4.39 Å². The van der Waals surface area contributed by atoms with E-state index < -0.39 is 0 Å². The summed E-state index contributed by atoms with van der Waals surface area (Å²) in [6.45, 7) is 4.17. The molecule has 0 aromatic heterocycles. The molecule has 0 saturated heterocycles. The quantitative estimate of drug-likeness (QED) is 0.543. The summed E-state index contributed by atoms with van der Waals surface area (Å²) < 4.78 is 20.1. The number of hydrogen-bond donors (Lipinski definition) is 0. The molecule has 2 nitrogen and oxygen atoms in total. The number of fused-ring (bicyclic) bond motifs is 1. The minimum atomic E-state index is -0.369. The van der Waals surface area contributed by atoms with Gasteiger partial charge in [0.15, 0.2) is 11.6 Å². The van der Waals surface area contributed by atoms with E-state index in [1.807, 2.05) is 19.1 Å². The van der Waals surface area contributed by atoms with E-state index in [0.717, 1.165) is 31.2 Å². The maximum Gasteiger partial charge on any atom is 0.314 e. The lowest BCUT2D eigenvalue weighted by atomic mass is 9.91. The minimum absolute atomic E-state index is 0.139. The second kappa shape index (κ2) is 7.81. The molecule has 2 aromatic carbocycles. The monoisotopic (exact) mass is 340 g/mol. The van der Waals surface area contributed by atoms with Crippen molar-refractivity contribution in [2.24, 2.45) is 5.92 Å². The lowest BCUT2D eigenvalue weighted by molar-refractivity contribution is -0.140. The van der Waals surface area contributed by atoms with E-state index in [1.165, 1.54) is 11.1 Å². The fourth-order valence-corrected chi connectivity index (χ4v) is 3.42. The number of benzene rings is 2. The summed E-state index contributed by atoms with van der Waals surface area (Å²) in [7, 11) is 0. The van der Waals surface area contributed by atoms with Gasteiger partial charge in [0.1, 0.15) is 0 Å². The third kappa shape index (κ3) is 3.92. The SMILES string of the molecule is CCCC1Cc2ccc(CCc3ccc(CC)cc3)c(F)c2OC1=O. The summed E-state index contributed by atoms with van der Waals surface area (Å²) in [5.74, 6) is -0.650. The van der Waals surface area contributed by atoms with E-state index in [9.17, 15) is 9.18 Å². The Balaban J connectivity index is 1.73. The first-order chi connectivity index (χ1) is 12.1. The molecule has 0 aliphatic carbocycles. The van der Waals surface area contributed by atoms with Crippen molar-refractivity contribution in [3.63, 3.8) is 0 Å². The topological polar surface area (TPSA) is 26.3 Å². The number of ether oxygens (including phenoxy) is 1. The summed E-state index contributed by atoms with van der Waals surface area (Å²) in [5.41, 5.74) is 3.92. The van der Waals surface area contributed by atoms with Crippen LogP contribution in [0.15, 0.2) is 36.4 Å². The fraction of sp³-hybridized carbons (Fsp3) is 0.409. The van der Waals surface area contributed by atoms with E-state index in [2.05, 4.69) is 31.2 Å². The lowest BCUT2D eigenvalue weighted by Gasteiger charge is -2.24. The van der Waals surface area contributed by atoms with Crippen LogP contribution >= 0.6 is 0 Å². The fourth-order valence-electron chi connectivity index (χ4n) is 3.42. The molecule has 1 aliphatic rings. The van der Waals surface area contributed by atoms with Crippen LogP contribution in [0.25, 0.3) is 0 Å². The van der Waals surface area contributed by atoms with Crippen molar-refractivity contribution >= 4 is 5.97 Å². The number of esters is 1. The minimum Gasteiger partial charge on any atom is -0.423 e. The van der Waals surface area contributed by atoms with E-state index >= 15 is 0 Å². The molecule has 0 radical (unpaired) electrons. The Morgan fingerprint density at radius 1 is 1.04 bits per heavy atom. The number of rotatable bonds is 6. The largest absolute Gasteiger partial charge is 0.423 e. The van der Waals surface area contributed by atoms with Crippen molar-refractivity contribution in [3.05, 3.63) is 64.5 Å². The van der Waals surface area contributed by atoms with Crippen molar-refractivity contribution < 1.29 is 13.9 Å². The van der Waals surface area contributed by atoms with Gasteiger partial charge in [0.2, 0.25) is 0 Å². The van der Waals surface area contributed by atoms with Gasteiger partial charge in [-0.2, -0.15) is 0 Å². The van der Waals surface area contributed by atoms with Crippen LogP contribution in [0.2, 0.25) is 0 Å². The van der Waals surface area contributed by atoms with Crippen LogP contribution in [0, 0.1) is 11.7 Å². The Bertz CT molecular complexity index is 749. The van der Waals surface area contributed by atoms with Crippen LogP contribution in [-0.4, -0.2) is 5.97 Å². The van der Waals surface area contributed by atoms with Gasteiger partial charge in [-0.25, -0.2) is 4.39 Å². The van der Waals surface area contributed by atoms with Gasteiger partial charge in [-0.15, -0.1) is 0 Å². The number of halogens is 1. The van der Waals surface area contributed by atoms with Gasteiger partial charge in [-0.1, -0.05) is 56.7 Å². The molecular weight excluding hydrogens is 315 g/mol. The molecule has 25 heavy (non-hydrogen) atoms. The van der Waals surface area contributed by atoms with Gasteiger partial charge < -0.3 is 4.74 Å². The molecule has 0 N–H and O–H groups in total. The molecule has 0 bridgehead atoms. The average molecular weight is 340 g/mol. The van der Waals surface area contributed by atoms with Crippen molar-refractivity contribution in [3.8, 4) is 5.75 Å². The average Bonchev–Trinajstić information content (AvgIpc) is 2.63. The molecule has 132 valence electrons. The zero-order valence-corrected chi connectivity index (χ0v) is 15.0. The summed E-state index contributed by atoms with van der Waals surface area (Å²) in [6, 6.07) is 12.2. The number of hydrogen-bond acceptors (Lipinski definition) is 2. The highest BCUT2D eigenvalue weighted by molar-refractivity contribution is 5.78. The molecule has 1 aliphatic heterocycles. The second-order valence-electron chi connectivity index (χ2n) is 6.81. The summed E-state index contributed by atoms with van der Waals surface area (Å²) in [5, 5.41) is 0. The zero-order chi connectivity index (χ0) is 17.8. The van der Waals surface area contributed by atoms with E-state index in [4.69, 9.17) is 4.74 Å². The van der Waals surface area contributed by atoms with E-state index in [-0.39, 0.29) is 23.5 Å². The molecule has 1 unspecified atom stereocenters. The van der Waals surface area contributed by atoms with Gasteiger partial charge in [0.25, 0.3) is 0 Å². The van der Waals surface area contributed by atoms with Gasteiger partial charge >= 0.3 is 5.97 Å². The molecule has 3 rings (SSSR count). The Labute approximate surface area is 149 Å². The number of aryl methyl sites for hydroxylation is 3. The standard InChI is InChI=1S/C22H25FO2/c1-3-5-19-14-18-13-12-17(20(23)21(18)25-22(19)24)11-10-16-8-6-15(4-2)7-9-16/h6-9,12-13,19H,3-5,10-11,14H2,1-2H3. The Morgan fingerprint density at radius 3 is 2.44 bits per heavy atom. The van der Waals surface area contributed by atoms with Crippen LogP contribution in [0.1, 0.15) is 48.9 Å². The maximum absolute atomic E-state index is 14.8. The summed E-state index contributed by atoms with van der Waals surface area (Å²) in [4.78, 5) is 12.1. The highest BCUT2D eigenvalue weighted by atomic mass is 19.1. The first-order valence-corrected chi connectivity index (χ1v) is 9.22. The van der Waals surface area contributed by atoms with Crippen LogP contribution in [0.3, 0.4) is 0 Å². The van der Waals surface area contributed by atoms with Crippen LogP contribution in [0.5, 0.6) is 5.75 Å². The number of carbonyl (C=O) groups is 1. The van der Waals surface area contributed by atoms with Gasteiger partial charge in [-0.05, 0) is 54.4 Å². The molecule has 0 amide bonds. The van der Waals surface area contributed by atoms with Gasteiger partial charge in [0, 0.05) is 0 Å². The van der Waals surface area contributed by atoms with Crippen molar-refractivity contribution in [1.29, 1.82) is 0 Å². The van der Waals surface area contributed by atoms with Gasteiger partial charge in [-0.3, -0.25) is 4.79 Å². The third-order valence-electron chi connectivity index (χ3n) is 5.01. The van der Waals surface area contributed by atoms with E-state index in [0.29, 0.717) is 18.4 Å².